The fourth-order valence-corrected chi connectivity index (χ4v) is 5.04. The number of rotatable bonds is 5. The van der Waals surface area contributed by atoms with Crippen molar-refractivity contribution in [3.63, 3.8) is 0 Å². The van der Waals surface area contributed by atoms with E-state index in [0.717, 1.165) is 27.6 Å². The number of aliphatic hydroxyl groups is 1. The van der Waals surface area contributed by atoms with Crippen molar-refractivity contribution in [1.82, 2.24) is 4.90 Å². The van der Waals surface area contributed by atoms with Gasteiger partial charge in [0, 0.05) is 24.6 Å². The Morgan fingerprint density at radius 2 is 2.07 bits per heavy atom. The minimum atomic E-state index is -0.249. The van der Waals surface area contributed by atoms with Crippen molar-refractivity contribution >= 4 is 23.4 Å². The Hall–Kier alpha value is -2.95. The van der Waals surface area contributed by atoms with Crippen molar-refractivity contribution in [2.45, 2.75) is 18.8 Å². The second-order valence-corrected chi connectivity index (χ2v) is 8.21. The van der Waals surface area contributed by atoms with Gasteiger partial charge in [-0.1, -0.05) is 36.0 Å². The van der Waals surface area contributed by atoms with Gasteiger partial charge in [0.25, 0.3) is 0 Å². The molecular formula is C23H23N3O3S. The fraction of sp³-hybridized carbons (Fsp3) is 0.304. The summed E-state index contributed by atoms with van der Waals surface area (Å²) in [6, 6.07) is 18.0. The smallest absolute Gasteiger partial charge is 0.229 e. The summed E-state index contributed by atoms with van der Waals surface area (Å²) in [5.41, 5.74) is 3.66. The van der Waals surface area contributed by atoms with Gasteiger partial charge < -0.3 is 14.7 Å². The first kappa shape index (κ1) is 20.3. The third kappa shape index (κ3) is 3.89. The maximum Gasteiger partial charge on any atom is 0.229 e. The van der Waals surface area contributed by atoms with E-state index in [2.05, 4.69) is 11.0 Å². The van der Waals surface area contributed by atoms with Crippen LogP contribution in [0.25, 0.3) is 0 Å². The molecule has 2 aliphatic rings. The zero-order valence-corrected chi connectivity index (χ0v) is 17.6. The zero-order chi connectivity index (χ0) is 21.1. The summed E-state index contributed by atoms with van der Waals surface area (Å²) in [6.07, 6.45) is 0.896. The van der Waals surface area contributed by atoms with Gasteiger partial charge >= 0.3 is 0 Å². The number of hydrogen-bond donors (Lipinski definition) is 1. The molecule has 30 heavy (non-hydrogen) atoms. The molecule has 2 aromatic rings. The van der Waals surface area contributed by atoms with E-state index in [1.54, 1.807) is 12.0 Å². The molecular weight excluding hydrogens is 398 g/mol. The summed E-state index contributed by atoms with van der Waals surface area (Å²) in [5, 5.41) is 19.8. The quantitative estimate of drug-likeness (QED) is 0.797. The van der Waals surface area contributed by atoms with E-state index in [1.165, 1.54) is 11.8 Å². The summed E-state index contributed by atoms with van der Waals surface area (Å²) < 4.78 is 5.31. The third-order valence-electron chi connectivity index (χ3n) is 5.49. The largest absolute Gasteiger partial charge is 0.497 e. The number of allylic oxidation sites excluding steroid dienone is 1. The number of nitriles is 1. The summed E-state index contributed by atoms with van der Waals surface area (Å²) in [7, 11) is 1.61. The van der Waals surface area contributed by atoms with E-state index in [1.807, 2.05) is 48.5 Å². The van der Waals surface area contributed by atoms with E-state index < -0.39 is 0 Å². The van der Waals surface area contributed by atoms with Crippen LogP contribution in [0.1, 0.15) is 23.5 Å². The van der Waals surface area contributed by atoms with E-state index in [4.69, 9.17) is 9.84 Å². The number of anilines is 1. The molecule has 1 saturated heterocycles. The van der Waals surface area contributed by atoms with Crippen LogP contribution in [-0.2, 0) is 11.2 Å². The molecule has 1 fully saturated rings. The van der Waals surface area contributed by atoms with Crippen LogP contribution in [0.4, 0.5) is 5.69 Å². The van der Waals surface area contributed by atoms with Gasteiger partial charge in [-0.05, 0) is 41.8 Å². The molecule has 7 heteroatoms. The van der Waals surface area contributed by atoms with Gasteiger partial charge in [-0.2, -0.15) is 5.26 Å². The topological polar surface area (TPSA) is 76.8 Å². The number of hydrogen-bond acceptors (Lipinski definition) is 6. The van der Waals surface area contributed by atoms with Crippen LogP contribution in [0.15, 0.2) is 59.1 Å². The van der Waals surface area contributed by atoms with Crippen LogP contribution in [0, 0.1) is 11.3 Å². The standard InChI is InChI=1S/C23H23N3O3S/c1-29-19-4-2-3-17(11-19)20-12-22(28)26-14-25(15-30-23(26)21(20)13-24)18-7-5-16(6-8-18)9-10-27/h2-8,11,20,27H,9-10,12,14-15H2,1H3/t20-/m1/s1. The lowest BCUT2D eigenvalue weighted by Gasteiger charge is -2.42. The molecule has 0 bridgehead atoms. The Bertz CT molecular complexity index is 1010. The van der Waals surface area contributed by atoms with Gasteiger partial charge in [0.1, 0.15) is 5.75 Å². The highest BCUT2D eigenvalue weighted by Gasteiger charge is 2.38. The highest BCUT2D eigenvalue weighted by Crippen LogP contribution is 2.43. The van der Waals surface area contributed by atoms with Crippen molar-refractivity contribution in [3.05, 3.63) is 70.3 Å². The first-order valence-electron chi connectivity index (χ1n) is 9.80. The average molecular weight is 422 g/mol. The first-order chi connectivity index (χ1) is 14.6. The van der Waals surface area contributed by atoms with Crippen molar-refractivity contribution < 1.29 is 14.6 Å². The molecule has 0 aromatic heterocycles. The van der Waals surface area contributed by atoms with E-state index in [0.29, 0.717) is 24.5 Å². The molecule has 4 rings (SSSR count). The first-order valence-corrected chi connectivity index (χ1v) is 10.8. The Labute approximate surface area is 180 Å². The van der Waals surface area contributed by atoms with Gasteiger partial charge in [0.05, 0.1) is 36.3 Å². The highest BCUT2D eigenvalue weighted by atomic mass is 32.2. The lowest BCUT2D eigenvalue weighted by Crippen LogP contribution is -2.47. The number of aliphatic hydroxyl groups excluding tert-OH is 1. The minimum absolute atomic E-state index is 0.0194. The molecule has 1 N–H and O–H groups in total. The second kappa shape index (κ2) is 8.82. The van der Waals surface area contributed by atoms with Crippen molar-refractivity contribution in [3.8, 4) is 11.8 Å². The summed E-state index contributed by atoms with van der Waals surface area (Å²) in [4.78, 5) is 16.9. The fourth-order valence-electron chi connectivity index (χ4n) is 3.87. The Morgan fingerprint density at radius 1 is 1.27 bits per heavy atom. The molecule has 0 saturated carbocycles. The Kier molecular flexibility index (Phi) is 5.98. The molecule has 0 unspecified atom stereocenters. The highest BCUT2D eigenvalue weighted by molar-refractivity contribution is 8.03. The van der Waals surface area contributed by atoms with Crippen molar-refractivity contribution in [1.29, 1.82) is 5.26 Å². The maximum atomic E-state index is 13.0. The number of thioether (sulfide) groups is 1. The second-order valence-electron chi connectivity index (χ2n) is 7.28. The monoisotopic (exact) mass is 421 g/mol. The van der Waals surface area contributed by atoms with E-state index >= 15 is 0 Å². The predicted molar refractivity (Wildman–Crippen MR) is 117 cm³/mol. The van der Waals surface area contributed by atoms with Gasteiger partial charge in [-0.15, -0.1) is 0 Å². The number of carbonyl (C=O) groups excluding carboxylic acids is 1. The average Bonchev–Trinajstić information content (AvgIpc) is 2.79. The molecule has 6 nitrogen and oxygen atoms in total. The van der Waals surface area contributed by atoms with Crippen LogP contribution >= 0.6 is 11.8 Å². The molecule has 1 amide bonds. The number of methoxy groups -OCH3 is 1. The van der Waals surface area contributed by atoms with Crippen molar-refractivity contribution in [2.75, 3.05) is 31.2 Å². The van der Waals surface area contributed by atoms with Crippen LogP contribution in [0.5, 0.6) is 5.75 Å². The molecule has 0 aliphatic carbocycles. The molecule has 154 valence electrons. The number of fused-ring (bicyclic) bond motifs is 1. The third-order valence-corrected chi connectivity index (χ3v) is 6.65. The zero-order valence-electron chi connectivity index (χ0n) is 16.7. The number of benzene rings is 2. The maximum absolute atomic E-state index is 13.0. The van der Waals surface area contributed by atoms with Gasteiger partial charge in [0.2, 0.25) is 5.91 Å². The van der Waals surface area contributed by atoms with Gasteiger partial charge in [-0.3, -0.25) is 9.69 Å². The molecule has 1 atom stereocenters. The lowest BCUT2D eigenvalue weighted by molar-refractivity contribution is -0.129. The number of amides is 1. The van der Waals surface area contributed by atoms with E-state index in [9.17, 15) is 10.1 Å². The normalized spacial score (nSPS) is 18.8. The van der Waals surface area contributed by atoms with Crippen LogP contribution < -0.4 is 9.64 Å². The molecule has 2 aliphatic heterocycles. The van der Waals surface area contributed by atoms with Gasteiger partial charge in [0.15, 0.2) is 0 Å². The number of nitrogens with zero attached hydrogens (tertiary/aromatic N) is 3. The molecule has 2 aromatic carbocycles. The van der Waals surface area contributed by atoms with Crippen LogP contribution in [0.3, 0.4) is 0 Å². The summed E-state index contributed by atoms with van der Waals surface area (Å²) in [6.45, 7) is 0.553. The van der Waals surface area contributed by atoms with Crippen LogP contribution in [0.2, 0.25) is 0 Å². The molecule has 0 radical (unpaired) electrons. The Balaban J connectivity index is 1.60. The molecule has 0 spiro atoms. The van der Waals surface area contributed by atoms with Crippen LogP contribution in [-0.4, -0.2) is 42.2 Å². The SMILES string of the molecule is COc1cccc([C@H]2CC(=O)N3CN(c4ccc(CCO)cc4)CSC3=C2C#N)c1. The number of ether oxygens (including phenoxy) is 1. The number of carbonyl (C=O) groups is 1. The minimum Gasteiger partial charge on any atom is -0.497 e. The van der Waals surface area contributed by atoms with Crippen molar-refractivity contribution in [2.24, 2.45) is 0 Å². The summed E-state index contributed by atoms with van der Waals surface area (Å²) >= 11 is 1.53. The lowest BCUT2D eigenvalue weighted by atomic mass is 9.86. The predicted octanol–water partition coefficient (Wildman–Crippen LogP) is 3.45. The van der Waals surface area contributed by atoms with Gasteiger partial charge in [-0.25, -0.2) is 0 Å². The molecule has 2 heterocycles. The van der Waals surface area contributed by atoms with E-state index in [-0.39, 0.29) is 24.9 Å². The Morgan fingerprint density at radius 3 is 2.77 bits per heavy atom. The summed E-state index contributed by atoms with van der Waals surface area (Å²) in [5.74, 6) is 1.15.